The molecule has 138 heavy (non-hydrogen) atoms. The standard InChI is InChI=1S/C12H15N.C11H16.C10H14.C8H18N2.C8H13N.C8H18.C7H14O.2C7H16.C6H13NO.2C6H12O.C6H14S.C6H14.C5H12O.2C5H12.C4H10/c1-9(2)7-10-8-13-12-6-4-3-5-11(10)12;1-9(2)8-11-6-4-10(3)5-7-11;1-9(2)8-10-6-4-3-5-7-10;1-7(2)5-4-6-10-8(3)9;1-7(2)6-8-4-3-5-9-8;1-4-5-6-7-8(2)3;1-6(2)4-5-7(3)8;1-6(2)5-7(3)4;1-5-7(4)6(2)3;1-5(2)3-4-6(7)8;2*1-5(2)4-6(3)7;1-6(2)4-5-7-3;1-5(2)6(3)4;1-4(2)5(3)6;2*1-4-5(2)3;1-4(2)3/h3-6,8-9,13H,7H2,1-2H3;4-7,9H,8H2,1-3H3;3-7,9H,8H2,1-2H3;7H,4-6H2,1-3H3,(H2,9,10);4-5,7H,3,6H2,1-2H3;8H,4-7H2,1-3H3;6H,4-5H2,1-3H3;2*6-7H,5H2,1-4H3;5H,3-4H2,1-2H3,(H2,7,8);2*5H,4H2,1-3H3;6H,4-5H2,1-3H3;5-6H,1-4H3;4-6H,1-3H3;2*5H,4H2,1-3H3;4H,1-3H3. The molecule has 2 atom stereocenters. The van der Waals surface area contributed by atoms with Gasteiger partial charge in [0.05, 0.1) is 11.9 Å². The second-order valence-electron chi connectivity index (χ2n) is 46.7. The number of aryl methyl sites for hydroxylation is 1. The Hall–Kier alpha value is -5.13. The average Bonchev–Trinajstić information content (AvgIpc) is 1.69. The zero-order valence-corrected chi connectivity index (χ0v) is 104. The van der Waals surface area contributed by atoms with Crippen LogP contribution in [0.25, 0.3) is 10.9 Å². The van der Waals surface area contributed by atoms with E-state index in [4.69, 9.17) is 16.6 Å². The summed E-state index contributed by atoms with van der Waals surface area (Å²) in [4.78, 5) is 52.6. The Morgan fingerprint density at radius 2 is 0.775 bits per heavy atom. The molecule has 2 unspecified atom stereocenters. The first-order chi connectivity index (χ1) is 63.6. The molecular weight excluding hydrogens is 1710 g/mol. The van der Waals surface area contributed by atoms with Crippen molar-refractivity contribution < 1.29 is 24.3 Å². The number of aliphatic hydroxyl groups is 1. The van der Waals surface area contributed by atoms with Gasteiger partial charge in [-0.1, -0.05) is 448 Å². The van der Waals surface area contributed by atoms with E-state index in [9.17, 15) is 19.2 Å². The van der Waals surface area contributed by atoms with Gasteiger partial charge in [0.1, 0.15) is 17.3 Å². The Morgan fingerprint density at radius 3 is 1.01 bits per heavy atom. The minimum atomic E-state index is -0.196. The Bertz CT molecular complexity index is 3100. The number of amidine groups is 1. The lowest BCUT2D eigenvalue weighted by Gasteiger charge is -2.10. The van der Waals surface area contributed by atoms with Crippen LogP contribution >= 0.6 is 11.8 Å². The number of carbonyl (C=O) groups excluding carboxylic acids is 4. The molecule has 0 saturated heterocycles. The molecule has 0 spiro atoms. The van der Waals surface area contributed by atoms with Crippen molar-refractivity contribution in [3.05, 3.63) is 119 Å². The van der Waals surface area contributed by atoms with Crippen molar-refractivity contribution in [2.75, 3.05) is 18.6 Å². The molecule has 1 aliphatic rings. The number of amides is 1. The molecule has 10 nitrogen and oxygen atoms in total. The lowest BCUT2D eigenvalue weighted by molar-refractivity contribution is -0.118. The second kappa shape index (κ2) is 114. The van der Waals surface area contributed by atoms with Gasteiger partial charge in [-0.3, -0.25) is 14.8 Å². The van der Waals surface area contributed by atoms with E-state index in [1.165, 1.54) is 122 Å². The number of aromatic nitrogens is 1. The SMILES string of the molecule is CC(=O)CC(C)C.CC(=O)CC(C)C.CC(=O)CCC(C)C.CC(C)C.CC(C)C(C)C.CC(C)C(C)O.CC(C)CC(C)C.CC(C)CC1=CCC=N1.CC(C)CCC(N)=O.CC(C)Cc1c[nH]c2ccccc12.CC(C)Cc1ccccc1.CC(N)=NCCCC(C)C.CCC(C)C.CCC(C)C.CCC(C)C(C)C.CCCCCC(C)C.CSCCC(C)C.Cc1ccc(CC(C)C)cc1. The molecule has 11 heteroatoms. The fourth-order valence-electron chi connectivity index (χ4n) is 10.4. The quantitative estimate of drug-likeness (QED) is 0.0197. The van der Waals surface area contributed by atoms with Crippen LogP contribution < -0.4 is 11.5 Å². The smallest absolute Gasteiger partial charge is 0.217 e. The lowest BCUT2D eigenvalue weighted by atomic mass is 9.96. The largest absolute Gasteiger partial charge is 0.393 e. The summed E-state index contributed by atoms with van der Waals surface area (Å²) in [5.41, 5.74) is 18.5. The summed E-state index contributed by atoms with van der Waals surface area (Å²) in [7, 11) is 0. The number of nitrogens with two attached hydrogens (primary N) is 2. The van der Waals surface area contributed by atoms with Gasteiger partial charge in [-0.15, -0.1) is 0 Å². The maximum absolute atomic E-state index is 10.3. The number of ketones is 3. The van der Waals surface area contributed by atoms with Crippen molar-refractivity contribution in [2.24, 2.45) is 146 Å². The van der Waals surface area contributed by atoms with Crippen LogP contribution in [0.15, 0.2) is 107 Å². The number of benzene rings is 3. The summed E-state index contributed by atoms with van der Waals surface area (Å²) < 4.78 is 0. The van der Waals surface area contributed by atoms with E-state index in [1.54, 1.807) is 27.7 Å². The first kappa shape index (κ1) is 161. The van der Waals surface area contributed by atoms with Crippen LogP contribution in [-0.4, -0.2) is 70.1 Å². The maximum Gasteiger partial charge on any atom is 0.217 e. The maximum atomic E-state index is 10.3. The number of hydrogen-bond donors (Lipinski definition) is 4. The number of fused-ring (bicyclic) bond motifs is 1. The van der Waals surface area contributed by atoms with E-state index in [0.29, 0.717) is 47.6 Å². The molecule has 0 saturated carbocycles. The predicted molar refractivity (Wildman–Crippen MR) is 639 cm³/mol. The zero-order valence-electron chi connectivity index (χ0n) is 103. The number of nitrogens with zero attached hydrogens (tertiary/aromatic N) is 2. The molecule has 0 fully saturated rings. The van der Waals surface area contributed by atoms with Gasteiger partial charge in [0, 0.05) is 67.7 Å². The minimum absolute atomic E-state index is 0.148. The van der Waals surface area contributed by atoms with Gasteiger partial charge < -0.3 is 35.9 Å². The highest BCUT2D eigenvalue weighted by molar-refractivity contribution is 7.98. The van der Waals surface area contributed by atoms with Gasteiger partial charge in [-0.05, 0) is 265 Å². The number of carbonyl (C=O) groups is 4. The van der Waals surface area contributed by atoms with Crippen LogP contribution in [0, 0.1) is 131 Å². The van der Waals surface area contributed by atoms with E-state index in [0.717, 1.165) is 159 Å². The van der Waals surface area contributed by atoms with Crippen molar-refractivity contribution in [3.8, 4) is 0 Å². The normalized spacial score (nSPS) is 11.4. The predicted octanol–water partition coefficient (Wildman–Crippen LogP) is 39.9. The number of aliphatic imine (C=N–C) groups is 2. The number of hydrogen-bond acceptors (Lipinski definition) is 8. The minimum Gasteiger partial charge on any atom is -0.393 e. The number of aromatic amines is 1. The van der Waals surface area contributed by atoms with Crippen molar-refractivity contribution in [2.45, 2.75) is 507 Å². The van der Waals surface area contributed by atoms with Gasteiger partial charge in [0.25, 0.3) is 0 Å². The number of aliphatic hydroxyl groups excluding tert-OH is 1. The van der Waals surface area contributed by atoms with Gasteiger partial charge >= 0.3 is 0 Å². The lowest BCUT2D eigenvalue weighted by Crippen LogP contribution is -2.10. The number of unbranched alkanes of at least 4 members (excludes halogenated alkanes) is 2. The highest BCUT2D eigenvalue weighted by Crippen LogP contribution is 2.22. The number of allylic oxidation sites excluding steroid dienone is 2. The third-order valence-electron chi connectivity index (χ3n) is 20.6. The van der Waals surface area contributed by atoms with Crippen LogP contribution in [0.4, 0.5) is 0 Å². The number of thioether (sulfide) groups is 1. The van der Waals surface area contributed by atoms with Gasteiger partial charge in [0.2, 0.25) is 5.91 Å². The molecule has 0 radical (unpaired) electrons. The van der Waals surface area contributed by atoms with Gasteiger partial charge in [-0.2, -0.15) is 11.8 Å². The molecule has 820 valence electrons. The monoisotopic (exact) mass is 1960 g/mol. The Balaban J connectivity index is -0.000000110. The molecule has 1 aromatic heterocycles. The molecule has 3 aromatic carbocycles. The molecule has 5 rings (SSSR count). The molecule has 4 aromatic rings. The summed E-state index contributed by atoms with van der Waals surface area (Å²) in [5.74, 6) is 18.8. The molecule has 2 heterocycles. The van der Waals surface area contributed by atoms with Gasteiger partial charge in [-0.25, -0.2) is 0 Å². The summed E-state index contributed by atoms with van der Waals surface area (Å²) in [5, 5.41) is 10.0. The van der Waals surface area contributed by atoms with Crippen LogP contribution in [0.2, 0.25) is 0 Å². The molecule has 6 N–H and O–H groups in total. The van der Waals surface area contributed by atoms with Crippen LogP contribution in [-0.2, 0) is 38.4 Å². The summed E-state index contributed by atoms with van der Waals surface area (Å²) in [6.07, 6.45) is 33.4. The van der Waals surface area contributed by atoms with Crippen LogP contribution in [0.5, 0.6) is 0 Å². The molecule has 1 amide bonds. The van der Waals surface area contributed by atoms with Crippen molar-refractivity contribution >= 4 is 58.0 Å². The average molecular weight is 1960 g/mol. The summed E-state index contributed by atoms with van der Waals surface area (Å²) in [6.45, 7) is 113. The highest BCUT2D eigenvalue weighted by atomic mass is 32.2. The van der Waals surface area contributed by atoms with Gasteiger partial charge in [0.15, 0.2) is 0 Å². The van der Waals surface area contributed by atoms with Crippen molar-refractivity contribution in [3.63, 3.8) is 0 Å². The first-order valence-electron chi connectivity index (χ1n) is 55.6. The Morgan fingerprint density at radius 1 is 0.406 bits per heavy atom. The van der Waals surface area contributed by atoms with E-state index in [2.05, 4.69) is 396 Å². The van der Waals surface area contributed by atoms with Crippen LogP contribution in [0.1, 0.15) is 497 Å². The van der Waals surface area contributed by atoms with Crippen molar-refractivity contribution in [1.29, 1.82) is 0 Å². The Kier molecular flexibility index (Phi) is 133. The zero-order chi connectivity index (χ0) is 111. The number of Topliss-reactive ketones (excluding diaryl/α,β-unsaturated/α-hetero) is 3. The molecule has 0 aliphatic carbocycles. The van der Waals surface area contributed by atoms with E-state index < -0.39 is 0 Å². The first-order valence-corrected chi connectivity index (χ1v) is 57.0. The third kappa shape index (κ3) is 176. The summed E-state index contributed by atoms with van der Waals surface area (Å²) >= 11 is 1.93. The van der Waals surface area contributed by atoms with Crippen LogP contribution in [0.3, 0.4) is 0 Å². The van der Waals surface area contributed by atoms with Crippen molar-refractivity contribution in [1.82, 2.24) is 4.98 Å². The third-order valence-corrected chi connectivity index (χ3v) is 21.2. The molecule has 1 aliphatic heterocycles. The van der Waals surface area contributed by atoms with E-state index in [1.807, 2.05) is 66.4 Å². The molecule has 0 bridgehead atoms. The number of primary amides is 1. The van der Waals surface area contributed by atoms with E-state index >= 15 is 0 Å². The number of para-hydroxylation sites is 1. The number of nitrogens with one attached hydrogen (secondary N) is 1. The molecular formula is C127H251N5O5S. The fourth-order valence-corrected chi connectivity index (χ4v) is 11.1. The topological polar surface area (TPSA) is 181 Å². The summed E-state index contributed by atoms with van der Waals surface area (Å²) in [6, 6.07) is 27.9. The number of rotatable bonds is 37. The highest BCUT2D eigenvalue weighted by Gasteiger charge is 2.08. The Labute approximate surface area is 872 Å². The fraction of sp³-hybridized carbons (Fsp3) is 0.780. The van der Waals surface area contributed by atoms with E-state index in [-0.39, 0.29) is 23.6 Å². The number of H-pyrrole nitrogens is 1. The second-order valence-corrected chi connectivity index (χ2v) is 47.7.